The highest BCUT2D eigenvalue weighted by molar-refractivity contribution is 5.98. The molecule has 120 valence electrons. The molecular formula is C18H21N3O2. The molecule has 0 radical (unpaired) electrons. The number of carbonyl (C=O) groups is 1. The molecule has 0 aliphatic carbocycles. The zero-order valence-electron chi connectivity index (χ0n) is 13.9. The first-order chi connectivity index (χ1) is 11.0. The third-order valence-corrected chi connectivity index (χ3v) is 3.38. The highest BCUT2D eigenvalue weighted by Gasteiger charge is 2.08. The summed E-state index contributed by atoms with van der Waals surface area (Å²) < 4.78 is 5.63. The Morgan fingerprint density at radius 1 is 1.26 bits per heavy atom. The fourth-order valence-corrected chi connectivity index (χ4v) is 2.35. The Kier molecular flexibility index (Phi) is 5.46. The van der Waals surface area contributed by atoms with Gasteiger partial charge in [0.2, 0.25) is 0 Å². The molecule has 5 nitrogen and oxygen atoms in total. The van der Waals surface area contributed by atoms with Crippen LogP contribution in [0.4, 0.5) is 0 Å². The summed E-state index contributed by atoms with van der Waals surface area (Å²) in [6.45, 7) is 7.71. The van der Waals surface area contributed by atoms with Crippen molar-refractivity contribution in [2.45, 2.75) is 27.7 Å². The second-order valence-electron chi connectivity index (χ2n) is 5.49. The fourth-order valence-electron chi connectivity index (χ4n) is 2.35. The number of ether oxygens (including phenoxy) is 1. The van der Waals surface area contributed by atoms with Crippen molar-refractivity contribution in [3.8, 4) is 5.75 Å². The number of pyridine rings is 1. The molecule has 2 aromatic rings. The van der Waals surface area contributed by atoms with Crippen LogP contribution in [0, 0.1) is 20.8 Å². The van der Waals surface area contributed by atoms with Gasteiger partial charge in [0, 0.05) is 18.0 Å². The standard InChI is InChI=1S/C18H21N3O2/c1-12-8-13(2)18(14(3)9-12)23-11-17(22)21-20-15(4)16-6-5-7-19-10-16/h5-10H,11H2,1-4H3,(H,21,22)/b20-15-. The van der Waals surface area contributed by atoms with Crippen LogP contribution in [0.25, 0.3) is 0 Å². The van der Waals surface area contributed by atoms with Crippen molar-refractivity contribution in [2.24, 2.45) is 5.10 Å². The molecule has 1 aromatic carbocycles. The van der Waals surface area contributed by atoms with Crippen molar-refractivity contribution < 1.29 is 9.53 Å². The molecule has 0 atom stereocenters. The van der Waals surface area contributed by atoms with Crippen LogP contribution < -0.4 is 10.2 Å². The molecule has 0 bridgehead atoms. The Morgan fingerprint density at radius 3 is 2.57 bits per heavy atom. The van der Waals surface area contributed by atoms with Crippen LogP contribution in [-0.2, 0) is 4.79 Å². The van der Waals surface area contributed by atoms with Crippen molar-refractivity contribution in [2.75, 3.05) is 6.61 Å². The lowest BCUT2D eigenvalue weighted by atomic mass is 10.1. The number of nitrogens with one attached hydrogen (secondary N) is 1. The summed E-state index contributed by atoms with van der Waals surface area (Å²) in [5.41, 5.74) is 7.26. The molecule has 5 heteroatoms. The Balaban J connectivity index is 1.94. The number of hydrogen-bond acceptors (Lipinski definition) is 4. The van der Waals surface area contributed by atoms with Gasteiger partial charge in [-0.15, -0.1) is 0 Å². The van der Waals surface area contributed by atoms with Crippen molar-refractivity contribution in [1.82, 2.24) is 10.4 Å². The average Bonchev–Trinajstić information content (AvgIpc) is 2.52. The predicted octanol–water partition coefficient (Wildman–Crippen LogP) is 2.93. The number of amides is 1. The van der Waals surface area contributed by atoms with Gasteiger partial charge in [-0.05, 0) is 44.9 Å². The van der Waals surface area contributed by atoms with E-state index in [0.717, 1.165) is 22.4 Å². The minimum absolute atomic E-state index is 0.0748. The zero-order valence-corrected chi connectivity index (χ0v) is 13.9. The molecular weight excluding hydrogens is 290 g/mol. The summed E-state index contributed by atoms with van der Waals surface area (Å²) >= 11 is 0. The molecule has 0 aliphatic heterocycles. The van der Waals surface area contributed by atoms with Gasteiger partial charge in [-0.1, -0.05) is 23.8 Å². The van der Waals surface area contributed by atoms with Crippen molar-refractivity contribution in [3.63, 3.8) is 0 Å². The number of carbonyl (C=O) groups excluding carboxylic acids is 1. The number of aryl methyl sites for hydroxylation is 3. The van der Waals surface area contributed by atoms with Crippen LogP contribution in [0.1, 0.15) is 29.2 Å². The van der Waals surface area contributed by atoms with E-state index in [-0.39, 0.29) is 12.5 Å². The van der Waals surface area contributed by atoms with E-state index in [4.69, 9.17) is 4.74 Å². The Hall–Kier alpha value is -2.69. The monoisotopic (exact) mass is 311 g/mol. The van der Waals surface area contributed by atoms with Crippen LogP contribution in [0.2, 0.25) is 0 Å². The molecule has 0 saturated heterocycles. The van der Waals surface area contributed by atoms with Gasteiger partial charge in [0.25, 0.3) is 5.91 Å². The number of hydrazone groups is 1. The fraction of sp³-hybridized carbons (Fsp3) is 0.278. The second-order valence-corrected chi connectivity index (χ2v) is 5.49. The number of nitrogens with zero attached hydrogens (tertiary/aromatic N) is 2. The van der Waals surface area contributed by atoms with Crippen molar-refractivity contribution in [1.29, 1.82) is 0 Å². The first-order valence-corrected chi connectivity index (χ1v) is 7.41. The quantitative estimate of drug-likeness (QED) is 0.682. The maximum Gasteiger partial charge on any atom is 0.277 e. The van der Waals surface area contributed by atoms with Crippen molar-refractivity contribution in [3.05, 3.63) is 58.9 Å². The van der Waals surface area contributed by atoms with E-state index in [9.17, 15) is 4.79 Å². The summed E-state index contributed by atoms with van der Waals surface area (Å²) in [7, 11) is 0. The second kappa shape index (κ2) is 7.54. The van der Waals surface area contributed by atoms with Gasteiger partial charge in [0.15, 0.2) is 6.61 Å². The molecule has 0 aliphatic rings. The van der Waals surface area contributed by atoms with E-state index in [0.29, 0.717) is 5.71 Å². The van der Waals surface area contributed by atoms with Crippen LogP contribution in [-0.4, -0.2) is 23.2 Å². The van der Waals surface area contributed by atoms with Gasteiger partial charge in [0.05, 0.1) is 5.71 Å². The maximum atomic E-state index is 11.9. The highest BCUT2D eigenvalue weighted by Crippen LogP contribution is 2.24. The summed E-state index contributed by atoms with van der Waals surface area (Å²) in [5, 5.41) is 4.06. The molecule has 0 unspecified atom stereocenters. The third kappa shape index (κ3) is 4.64. The van der Waals surface area contributed by atoms with Crippen LogP contribution in [0.5, 0.6) is 5.75 Å². The SMILES string of the molecule is C/C(=N/NC(=O)COc1c(C)cc(C)cc1C)c1cccnc1. The van der Waals surface area contributed by atoms with E-state index < -0.39 is 0 Å². The lowest BCUT2D eigenvalue weighted by Crippen LogP contribution is -2.26. The Bertz CT molecular complexity index is 701. The van der Waals surface area contributed by atoms with Crippen molar-refractivity contribution >= 4 is 11.6 Å². The normalized spacial score (nSPS) is 11.2. The lowest BCUT2D eigenvalue weighted by Gasteiger charge is -2.12. The molecule has 1 N–H and O–H groups in total. The topological polar surface area (TPSA) is 63.6 Å². The van der Waals surface area contributed by atoms with Gasteiger partial charge < -0.3 is 4.74 Å². The summed E-state index contributed by atoms with van der Waals surface area (Å²) in [4.78, 5) is 15.9. The van der Waals surface area contributed by atoms with E-state index in [1.807, 2.05) is 52.0 Å². The molecule has 23 heavy (non-hydrogen) atoms. The summed E-state index contributed by atoms with van der Waals surface area (Å²) in [6.07, 6.45) is 3.38. The lowest BCUT2D eigenvalue weighted by molar-refractivity contribution is -0.123. The highest BCUT2D eigenvalue weighted by atomic mass is 16.5. The van der Waals surface area contributed by atoms with E-state index in [1.54, 1.807) is 12.4 Å². The molecule has 1 heterocycles. The molecule has 1 amide bonds. The van der Waals surface area contributed by atoms with Gasteiger partial charge in [-0.25, -0.2) is 5.43 Å². The minimum atomic E-state index is -0.299. The number of aromatic nitrogens is 1. The Labute approximate surface area is 136 Å². The Morgan fingerprint density at radius 2 is 1.96 bits per heavy atom. The van der Waals surface area contributed by atoms with Gasteiger partial charge in [-0.3, -0.25) is 9.78 Å². The number of rotatable bonds is 5. The van der Waals surface area contributed by atoms with E-state index >= 15 is 0 Å². The van der Waals surface area contributed by atoms with E-state index in [1.165, 1.54) is 5.56 Å². The van der Waals surface area contributed by atoms with Crippen LogP contribution in [0.3, 0.4) is 0 Å². The molecule has 2 rings (SSSR count). The summed E-state index contributed by atoms with van der Waals surface area (Å²) in [5.74, 6) is 0.450. The number of benzene rings is 1. The van der Waals surface area contributed by atoms with Gasteiger partial charge in [0.1, 0.15) is 5.75 Å². The van der Waals surface area contributed by atoms with Crippen LogP contribution in [0.15, 0.2) is 41.8 Å². The van der Waals surface area contributed by atoms with Crippen LogP contribution >= 0.6 is 0 Å². The zero-order chi connectivity index (χ0) is 16.8. The first kappa shape index (κ1) is 16.7. The average molecular weight is 311 g/mol. The molecule has 1 aromatic heterocycles. The smallest absolute Gasteiger partial charge is 0.277 e. The summed E-state index contributed by atoms with van der Waals surface area (Å²) in [6, 6.07) is 7.77. The predicted molar refractivity (Wildman–Crippen MR) is 90.7 cm³/mol. The minimum Gasteiger partial charge on any atom is -0.483 e. The molecule has 0 spiro atoms. The van der Waals surface area contributed by atoms with Gasteiger partial charge >= 0.3 is 0 Å². The molecule has 0 fully saturated rings. The largest absolute Gasteiger partial charge is 0.483 e. The number of hydrogen-bond donors (Lipinski definition) is 1. The first-order valence-electron chi connectivity index (χ1n) is 7.41. The maximum absolute atomic E-state index is 11.9. The molecule has 0 saturated carbocycles. The third-order valence-electron chi connectivity index (χ3n) is 3.38. The van der Waals surface area contributed by atoms with E-state index in [2.05, 4.69) is 15.5 Å². The van der Waals surface area contributed by atoms with Gasteiger partial charge in [-0.2, -0.15) is 5.10 Å².